The molecule has 4 aliphatic rings. The Morgan fingerprint density at radius 2 is 1.87 bits per heavy atom. The standard InChI is InChI=1S/C25H26ClN3OS/c1-15-20(26)4-5-21-22(15)28-24(31-21)29(14-16-3-2-6-27-13-16)23(30)25-10-17-7-18(11-25)9-19(8-17)12-25/h2-6,13,17-19H,7-12,14H2,1H3. The van der Waals surface area contributed by atoms with Crippen LogP contribution in [0.3, 0.4) is 0 Å². The van der Waals surface area contributed by atoms with E-state index >= 15 is 0 Å². The lowest BCUT2D eigenvalue weighted by molar-refractivity contribution is -0.143. The molecule has 3 aromatic rings. The number of hydrogen-bond acceptors (Lipinski definition) is 4. The Kier molecular flexibility index (Phi) is 4.62. The van der Waals surface area contributed by atoms with Gasteiger partial charge in [-0.1, -0.05) is 29.0 Å². The molecule has 0 unspecified atom stereocenters. The van der Waals surface area contributed by atoms with Gasteiger partial charge in [0.05, 0.1) is 22.2 Å². The second-order valence-corrected chi connectivity index (χ2v) is 11.4. The third-order valence-corrected chi connectivity index (χ3v) is 9.22. The largest absolute Gasteiger partial charge is 0.283 e. The first kappa shape index (κ1) is 19.7. The monoisotopic (exact) mass is 451 g/mol. The van der Waals surface area contributed by atoms with E-state index in [1.165, 1.54) is 19.3 Å². The van der Waals surface area contributed by atoms with Crippen molar-refractivity contribution < 1.29 is 4.79 Å². The number of amides is 1. The molecule has 4 saturated carbocycles. The van der Waals surface area contributed by atoms with Crippen molar-refractivity contribution in [3.63, 3.8) is 0 Å². The number of carbonyl (C=O) groups excluding carboxylic acids is 1. The summed E-state index contributed by atoms with van der Waals surface area (Å²) in [5.41, 5.74) is 2.71. The quantitative estimate of drug-likeness (QED) is 0.460. The highest BCUT2D eigenvalue weighted by molar-refractivity contribution is 7.22. The van der Waals surface area contributed by atoms with Crippen molar-refractivity contribution in [3.8, 4) is 0 Å². The van der Waals surface area contributed by atoms with Gasteiger partial charge in [-0.15, -0.1) is 0 Å². The van der Waals surface area contributed by atoms with Crippen molar-refractivity contribution in [2.75, 3.05) is 4.90 Å². The third kappa shape index (κ3) is 3.28. The molecule has 4 nitrogen and oxygen atoms in total. The van der Waals surface area contributed by atoms with Crippen LogP contribution in [-0.2, 0) is 11.3 Å². The molecule has 4 bridgehead atoms. The van der Waals surface area contributed by atoms with Crippen LogP contribution in [0.5, 0.6) is 0 Å². The summed E-state index contributed by atoms with van der Waals surface area (Å²) < 4.78 is 1.08. The number of fused-ring (bicyclic) bond motifs is 1. The number of hydrogen-bond donors (Lipinski definition) is 0. The van der Waals surface area contributed by atoms with Gasteiger partial charge < -0.3 is 0 Å². The highest BCUT2D eigenvalue weighted by atomic mass is 35.5. The lowest BCUT2D eigenvalue weighted by Gasteiger charge is -2.56. The molecule has 0 aliphatic heterocycles. The van der Waals surface area contributed by atoms with Crippen molar-refractivity contribution in [3.05, 3.63) is 52.8 Å². The van der Waals surface area contributed by atoms with Crippen molar-refractivity contribution in [2.24, 2.45) is 23.2 Å². The average Bonchev–Trinajstić information content (AvgIpc) is 3.19. The van der Waals surface area contributed by atoms with Gasteiger partial charge in [0.15, 0.2) is 5.13 Å². The maximum Gasteiger partial charge on any atom is 0.235 e. The van der Waals surface area contributed by atoms with Crippen LogP contribution in [0.25, 0.3) is 10.2 Å². The summed E-state index contributed by atoms with van der Waals surface area (Å²) in [4.78, 5) is 25.5. The van der Waals surface area contributed by atoms with Gasteiger partial charge in [0.25, 0.3) is 0 Å². The smallest absolute Gasteiger partial charge is 0.235 e. The molecular weight excluding hydrogens is 426 g/mol. The number of benzene rings is 1. The molecular formula is C25H26ClN3OS. The second-order valence-electron chi connectivity index (χ2n) is 9.97. The van der Waals surface area contributed by atoms with Crippen LogP contribution >= 0.6 is 22.9 Å². The molecule has 0 saturated heterocycles. The van der Waals surface area contributed by atoms with Gasteiger partial charge in [0.1, 0.15) is 0 Å². The molecule has 0 radical (unpaired) electrons. The average molecular weight is 452 g/mol. The number of halogens is 1. The molecule has 0 atom stereocenters. The third-order valence-electron chi connectivity index (χ3n) is 7.77. The SMILES string of the molecule is Cc1c(Cl)ccc2sc(N(Cc3cccnc3)C(=O)C34CC5CC(CC(C5)C3)C4)nc12. The van der Waals surface area contributed by atoms with Crippen molar-refractivity contribution in [1.82, 2.24) is 9.97 Å². The molecule has 2 aromatic heterocycles. The number of nitrogens with zero attached hydrogens (tertiary/aromatic N) is 3. The number of aryl methyl sites for hydroxylation is 1. The first-order valence-electron chi connectivity index (χ1n) is 11.3. The minimum Gasteiger partial charge on any atom is -0.283 e. The zero-order valence-electron chi connectivity index (χ0n) is 17.7. The van der Waals surface area contributed by atoms with Crippen LogP contribution < -0.4 is 4.90 Å². The zero-order chi connectivity index (χ0) is 21.2. The minimum absolute atomic E-state index is 0.207. The van der Waals surface area contributed by atoms with Gasteiger partial charge in [-0.05, 0) is 92.5 Å². The molecule has 0 N–H and O–H groups in total. The lowest BCUT2D eigenvalue weighted by atomic mass is 9.49. The topological polar surface area (TPSA) is 46.1 Å². The van der Waals surface area contributed by atoms with Crippen molar-refractivity contribution in [1.29, 1.82) is 0 Å². The molecule has 1 aromatic carbocycles. The van der Waals surface area contributed by atoms with Gasteiger partial charge in [0.2, 0.25) is 5.91 Å². The van der Waals surface area contributed by atoms with Crippen LogP contribution in [0.2, 0.25) is 5.02 Å². The molecule has 1 amide bonds. The maximum absolute atomic E-state index is 14.3. The maximum atomic E-state index is 14.3. The highest BCUT2D eigenvalue weighted by Crippen LogP contribution is 2.61. The van der Waals surface area contributed by atoms with Crippen LogP contribution in [-0.4, -0.2) is 15.9 Å². The molecule has 0 spiro atoms. The fourth-order valence-electron chi connectivity index (χ4n) is 6.76. The van der Waals surface area contributed by atoms with Gasteiger partial charge in [0, 0.05) is 17.4 Å². The van der Waals surface area contributed by atoms with E-state index in [1.807, 2.05) is 42.3 Å². The molecule has 7 rings (SSSR count). The van der Waals surface area contributed by atoms with Crippen molar-refractivity contribution in [2.45, 2.75) is 52.0 Å². The minimum atomic E-state index is -0.207. The summed E-state index contributed by atoms with van der Waals surface area (Å²) >= 11 is 7.95. The van der Waals surface area contributed by atoms with E-state index in [9.17, 15) is 4.79 Å². The summed E-state index contributed by atoms with van der Waals surface area (Å²) in [5, 5.41) is 1.50. The predicted octanol–water partition coefficient (Wildman–Crippen LogP) is 6.40. The second kappa shape index (κ2) is 7.28. The van der Waals surface area contributed by atoms with Gasteiger partial charge >= 0.3 is 0 Å². The first-order valence-corrected chi connectivity index (χ1v) is 12.5. The lowest BCUT2D eigenvalue weighted by Crippen LogP contribution is -2.54. The Hall–Kier alpha value is -1.98. The van der Waals surface area contributed by atoms with E-state index in [1.54, 1.807) is 17.5 Å². The normalized spacial score (nSPS) is 28.9. The van der Waals surface area contributed by atoms with E-state index in [0.29, 0.717) is 6.54 Å². The van der Waals surface area contributed by atoms with Crippen molar-refractivity contribution >= 4 is 44.2 Å². The number of aromatic nitrogens is 2. The number of pyridine rings is 1. The fraction of sp³-hybridized carbons (Fsp3) is 0.480. The zero-order valence-corrected chi connectivity index (χ0v) is 19.3. The van der Waals surface area contributed by atoms with Gasteiger partial charge in [-0.25, -0.2) is 4.98 Å². The summed E-state index contributed by atoms with van der Waals surface area (Å²) in [6.45, 7) is 2.52. The van der Waals surface area contributed by atoms with E-state index in [0.717, 1.165) is 68.5 Å². The Labute approximate surface area is 191 Å². The molecule has 4 fully saturated rings. The first-order chi connectivity index (χ1) is 15.0. The summed E-state index contributed by atoms with van der Waals surface area (Å²) in [6, 6.07) is 7.92. The van der Waals surface area contributed by atoms with E-state index in [4.69, 9.17) is 16.6 Å². The molecule has 2 heterocycles. The van der Waals surface area contributed by atoms with Gasteiger partial charge in [-0.2, -0.15) is 0 Å². The molecule has 4 aliphatic carbocycles. The fourth-order valence-corrected chi connectivity index (χ4v) is 7.94. The Bertz CT molecular complexity index is 1120. The number of carbonyl (C=O) groups is 1. The number of anilines is 1. The number of thiazole rings is 1. The van der Waals surface area contributed by atoms with Gasteiger partial charge in [-0.3, -0.25) is 14.7 Å². The Morgan fingerprint density at radius 3 is 2.52 bits per heavy atom. The van der Waals surface area contributed by atoms with Crippen LogP contribution in [0.4, 0.5) is 5.13 Å². The highest BCUT2D eigenvalue weighted by Gasteiger charge is 2.56. The Morgan fingerprint density at radius 1 is 1.16 bits per heavy atom. The van der Waals surface area contributed by atoms with E-state index in [2.05, 4.69) is 4.98 Å². The van der Waals surface area contributed by atoms with Crippen LogP contribution in [0.1, 0.15) is 49.7 Å². The summed E-state index contributed by atoms with van der Waals surface area (Å²) in [6.07, 6.45) is 10.8. The van der Waals surface area contributed by atoms with Crippen LogP contribution in [0.15, 0.2) is 36.7 Å². The molecule has 31 heavy (non-hydrogen) atoms. The summed E-state index contributed by atoms with van der Waals surface area (Å²) in [5.74, 6) is 2.46. The van der Waals surface area contributed by atoms with E-state index in [-0.39, 0.29) is 11.3 Å². The Balaban J connectivity index is 1.42. The van der Waals surface area contributed by atoms with E-state index < -0.39 is 0 Å². The molecule has 6 heteroatoms. The summed E-state index contributed by atoms with van der Waals surface area (Å²) in [7, 11) is 0. The predicted molar refractivity (Wildman–Crippen MR) is 125 cm³/mol. The van der Waals surface area contributed by atoms with Crippen LogP contribution in [0, 0.1) is 30.1 Å². The molecule has 160 valence electrons. The number of rotatable bonds is 4.